The molecule has 0 amide bonds. The summed E-state index contributed by atoms with van der Waals surface area (Å²) in [5.41, 5.74) is 0.772. The van der Waals surface area contributed by atoms with Crippen molar-refractivity contribution in [3.63, 3.8) is 0 Å². The first-order valence-electron chi connectivity index (χ1n) is 6.65. The first-order chi connectivity index (χ1) is 10.8. The highest BCUT2D eigenvalue weighted by Crippen LogP contribution is 2.35. The molecular formula is C15H11ClFNO4S. The van der Waals surface area contributed by atoms with E-state index in [1.54, 1.807) is 0 Å². The summed E-state index contributed by atoms with van der Waals surface area (Å²) < 4.78 is 40.2. The minimum atomic E-state index is -4.08. The van der Waals surface area contributed by atoms with Gasteiger partial charge in [0.05, 0.1) is 16.3 Å². The third-order valence-electron chi connectivity index (χ3n) is 3.65. The molecule has 0 unspecified atom stereocenters. The van der Waals surface area contributed by atoms with Crippen molar-refractivity contribution in [1.82, 2.24) is 0 Å². The van der Waals surface area contributed by atoms with Crippen molar-refractivity contribution in [1.29, 1.82) is 0 Å². The van der Waals surface area contributed by atoms with E-state index >= 15 is 0 Å². The molecule has 2 aromatic carbocycles. The second kappa shape index (κ2) is 5.50. The number of sulfonamides is 1. The van der Waals surface area contributed by atoms with Gasteiger partial charge in [-0.1, -0.05) is 17.7 Å². The Kier molecular flexibility index (Phi) is 3.77. The van der Waals surface area contributed by atoms with Crippen LogP contribution in [0.5, 0.6) is 0 Å². The number of nitrogens with zero attached hydrogens (tertiary/aromatic N) is 1. The van der Waals surface area contributed by atoms with Gasteiger partial charge in [0.1, 0.15) is 10.7 Å². The zero-order chi connectivity index (χ0) is 16.8. The molecule has 0 bridgehead atoms. The Morgan fingerprint density at radius 1 is 1.22 bits per heavy atom. The number of aromatic carboxylic acids is 1. The second-order valence-electron chi connectivity index (χ2n) is 5.05. The largest absolute Gasteiger partial charge is 0.478 e. The number of anilines is 1. The average Bonchev–Trinajstić information content (AvgIpc) is 2.90. The number of halogens is 2. The Bertz CT molecular complexity index is 914. The van der Waals surface area contributed by atoms with Crippen LogP contribution >= 0.6 is 11.6 Å². The Hall–Kier alpha value is -2.12. The van der Waals surface area contributed by atoms with Gasteiger partial charge in [-0.2, -0.15) is 0 Å². The molecule has 1 aliphatic heterocycles. The van der Waals surface area contributed by atoms with Gasteiger partial charge in [0.15, 0.2) is 0 Å². The summed E-state index contributed by atoms with van der Waals surface area (Å²) in [5, 5.41) is 8.94. The summed E-state index contributed by atoms with van der Waals surface area (Å²) in [4.78, 5) is 10.7. The lowest BCUT2D eigenvalue weighted by Gasteiger charge is -2.20. The van der Waals surface area contributed by atoms with Crippen LogP contribution in [0.2, 0.25) is 5.02 Å². The minimum absolute atomic E-state index is 0.0835. The van der Waals surface area contributed by atoms with Gasteiger partial charge in [-0.15, -0.1) is 0 Å². The van der Waals surface area contributed by atoms with Crippen LogP contribution in [0, 0.1) is 5.82 Å². The molecule has 0 radical (unpaired) electrons. The van der Waals surface area contributed by atoms with E-state index in [4.69, 9.17) is 16.7 Å². The van der Waals surface area contributed by atoms with Crippen LogP contribution in [0.25, 0.3) is 0 Å². The third-order valence-corrected chi connectivity index (χ3v) is 5.94. The van der Waals surface area contributed by atoms with E-state index in [0.717, 1.165) is 16.4 Å². The summed E-state index contributed by atoms with van der Waals surface area (Å²) in [6.45, 7) is 0.148. The number of carboxylic acid groups (broad SMARTS) is 1. The molecule has 3 rings (SSSR count). The quantitative estimate of drug-likeness (QED) is 0.918. The predicted octanol–water partition coefficient (Wildman–Crippen LogP) is 2.93. The first-order valence-corrected chi connectivity index (χ1v) is 8.46. The highest BCUT2D eigenvalue weighted by atomic mass is 35.5. The van der Waals surface area contributed by atoms with Crippen molar-refractivity contribution in [2.24, 2.45) is 0 Å². The number of fused-ring (bicyclic) bond motifs is 1. The smallest absolute Gasteiger partial charge is 0.335 e. The van der Waals surface area contributed by atoms with Crippen LogP contribution in [0.15, 0.2) is 41.3 Å². The zero-order valence-electron chi connectivity index (χ0n) is 11.7. The van der Waals surface area contributed by atoms with Gasteiger partial charge in [0.25, 0.3) is 10.0 Å². The Balaban J connectivity index is 2.13. The number of rotatable bonds is 3. The summed E-state index contributed by atoms with van der Waals surface area (Å²) in [6.07, 6.45) is 0.449. The fourth-order valence-electron chi connectivity index (χ4n) is 2.53. The summed E-state index contributed by atoms with van der Waals surface area (Å²) >= 11 is 5.95. The molecule has 120 valence electrons. The maximum atomic E-state index is 13.4. The lowest BCUT2D eigenvalue weighted by molar-refractivity contribution is 0.0696. The molecule has 23 heavy (non-hydrogen) atoms. The Morgan fingerprint density at radius 3 is 2.65 bits per heavy atom. The van der Waals surface area contributed by atoms with Crippen LogP contribution in [0.3, 0.4) is 0 Å². The third kappa shape index (κ3) is 2.66. The number of carbonyl (C=O) groups is 1. The van der Waals surface area contributed by atoms with E-state index in [0.29, 0.717) is 12.0 Å². The number of benzene rings is 2. The Morgan fingerprint density at radius 2 is 1.96 bits per heavy atom. The predicted molar refractivity (Wildman–Crippen MR) is 83.0 cm³/mol. The van der Waals surface area contributed by atoms with Gasteiger partial charge in [-0.05, 0) is 42.3 Å². The molecule has 0 fully saturated rings. The van der Waals surface area contributed by atoms with Crippen LogP contribution in [-0.2, 0) is 16.4 Å². The van der Waals surface area contributed by atoms with Crippen molar-refractivity contribution in [2.75, 3.05) is 10.8 Å². The van der Waals surface area contributed by atoms with Crippen molar-refractivity contribution < 1.29 is 22.7 Å². The molecule has 0 spiro atoms. The van der Waals surface area contributed by atoms with Gasteiger partial charge >= 0.3 is 5.97 Å². The molecular weight excluding hydrogens is 345 g/mol. The topological polar surface area (TPSA) is 74.7 Å². The molecule has 1 N–H and O–H groups in total. The van der Waals surface area contributed by atoms with Crippen LogP contribution in [0.1, 0.15) is 15.9 Å². The van der Waals surface area contributed by atoms with E-state index in [9.17, 15) is 17.6 Å². The van der Waals surface area contributed by atoms with E-state index in [-0.39, 0.29) is 27.7 Å². The number of hydrogen-bond donors (Lipinski definition) is 1. The average molecular weight is 356 g/mol. The SMILES string of the molecule is O=C(O)c1ccc(Cl)c(S(=O)(=O)N2CCc3ccc(F)cc32)c1. The van der Waals surface area contributed by atoms with E-state index in [2.05, 4.69) is 0 Å². The molecule has 1 aliphatic rings. The number of carboxylic acids is 1. The molecule has 0 aliphatic carbocycles. The van der Waals surface area contributed by atoms with Gasteiger partial charge in [0.2, 0.25) is 0 Å². The fraction of sp³-hybridized carbons (Fsp3) is 0.133. The lowest BCUT2D eigenvalue weighted by atomic mass is 10.2. The van der Waals surface area contributed by atoms with Gasteiger partial charge in [-0.25, -0.2) is 17.6 Å². The zero-order valence-corrected chi connectivity index (χ0v) is 13.2. The Labute approximate surface area is 137 Å². The first kappa shape index (κ1) is 15.8. The molecule has 2 aromatic rings. The van der Waals surface area contributed by atoms with Crippen molar-refractivity contribution in [2.45, 2.75) is 11.3 Å². The van der Waals surface area contributed by atoms with E-state index < -0.39 is 21.8 Å². The van der Waals surface area contributed by atoms with Crippen molar-refractivity contribution in [3.8, 4) is 0 Å². The van der Waals surface area contributed by atoms with Gasteiger partial charge in [-0.3, -0.25) is 4.31 Å². The fourth-order valence-corrected chi connectivity index (χ4v) is 4.52. The second-order valence-corrected chi connectivity index (χ2v) is 7.29. The van der Waals surface area contributed by atoms with Crippen LogP contribution in [-0.4, -0.2) is 26.0 Å². The lowest BCUT2D eigenvalue weighted by Crippen LogP contribution is -2.29. The summed E-state index contributed by atoms with van der Waals surface area (Å²) in [6, 6.07) is 7.41. The molecule has 0 atom stereocenters. The molecule has 5 nitrogen and oxygen atoms in total. The minimum Gasteiger partial charge on any atom is -0.478 e. The molecule has 0 saturated heterocycles. The maximum absolute atomic E-state index is 13.4. The maximum Gasteiger partial charge on any atom is 0.335 e. The van der Waals surface area contributed by atoms with Crippen LogP contribution in [0.4, 0.5) is 10.1 Å². The van der Waals surface area contributed by atoms with Crippen LogP contribution < -0.4 is 4.31 Å². The summed E-state index contributed by atoms with van der Waals surface area (Å²) in [7, 11) is -4.08. The summed E-state index contributed by atoms with van der Waals surface area (Å²) in [5.74, 6) is -1.80. The molecule has 0 saturated carbocycles. The van der Waals surface area contributed by atoms with Gasteiger partial charge in [0, 0.05) is 6.54 Å². The molecule has 8 heteroatoms. The highest BCUT2D eigenvalue weighted by molar-refractivity contribution is 7.93. The van der Waals surface area contributed by atoms with E-state index in [1.807, 2.05) is 0 Å². The standard InChI is InChI=1S/C15H11ClFNO4S/c16-12-4-2-10(15(19)20)7-14(12)23(21,22)18-6-5-9-1-3-11(17)8-13(9)18/h1-4,7-8H,5-6H2,(H,19,20). The van der Waals surface area contributed by atoms with Crippen molar-refractivity contribution in [3.05, 3.63) is 58.4 Å². The van der Waals surface area contributed by atoms with E-state index in [1.165, 1.54) is 24.3 Å². The number of hydrogen-bond acceptors (Lipinski definition) is 3. The molecule has 0 aromatic heterocycles. The molecule has 1 heterocycles. The highest BCUT2D eigenvalue weighted by Gasteiger charge is 2.33. The monoisotopic (exact) mass is 355 g/mol. The van der Waals surface area contributed by atoms with Crippen molar-refractivity contribution >= 4 is 33.3 Å². The van der Waals surface area contributed by atoms with Gasteiger partial charge < -0.3 is 5.11 Å². The normalized spacial score (nSPS) is 13.9.